The molecule has 1 aliphatic heterocycles. The lowest BCUT2D eigenvalue weighted by atomic mass is 10.1. The number of benzene rings is 1. The maximum absolute atomic E-state index is 12.4. The molecule has 0 aliphatic carbocycles. The lowest BCUT2D eigenvalue weighted by Crippen LogP contribution is -2.47. The summed E-state index contributed by atoms with van der Waals surface area (Å²) in [5, 5.41) is 0. The van der Waals surface area contributed by atoms with Crippen molar-refractivity contribution in [2.75, 3.05) is 40.3 Å². The monoisotopic (exact) mass is 360 g/mol. The third kappa shape index (κ3) is 2.95. The maximum atomic E-state index is 12.4. The van der Waals surface area contributed by atoms with Gasteiger partial charge in [0.15, 0.2) is 0 Å². The molecule has 1 aromatic carbocycles. The van der Waals surface area contributed by atoms with E-state index in [2.05, 4.69) is 34.5 Å². The van der Waals surface area contributed by atoms with Crippen LogP contribution in [-0.2, 0) is 0 Å². The maximum Gasteiger partial charge on any atom is 0.255 e. The van der Waals surface area contributed by atoms with Crippen molar-refractivity contribution in [2.24, 2.45) is 0 Å². The van der Waals surface area contributed by atoms with Crippen molar-refractivity contribution in [3.05, 3.63) is 27.3 Å². The average molecular weight is 360 g/mol. The van der Waals surface area contributed by atoms with Crippen molar-refractivity contribution < 1.29 is 9.53 Å². The third-order valence-corrected chi connectivity index (χ3v) is 4.14. The summed E-state index contributed by atoms with van der Waals surface area (Å²) in [6.45, 7) is 3.46. The van der Waals surface area contributed by atoms with Gasteiger partial charge in [-0.25, -0.2) is 0 Å². The van der Waals surface area contributed by atoms with E-state index in [0.717, 1.165) is 41.1 Å². The topological polar surface area (TPSA) is 32.8 Å². The Morgan fingerprint density at radius 3 is 2.56 bits per heavy atom. The zero-order valence-corrected chi connectivity index (χ0v) is 12.8. The number of piperazine rings is 1. The summed E-state index contributed by atoms with van der Waals surface area (Å²) in [7, 11) is 3.70. The van der Waals surface area contributed by atoms with Crippen LogP contribution in [0.4, 0.5) is 0 Å². The molecule has 0 spiro atoms. The fraction of sp³-hybridized carbons (Fsp3) is 0.462. The van der Waals surface area contributed by atoms with E-state index in [4.69, 9.17) is 4.74 Å². The van der Waals surface area contributed by atoms with E-state index in [1.165, 1.54) is 0 Å². The first-order valence-electron chi connectivity index (χ1n) is 5.93. The van der Waals surface area contributed by atoms with Gasteiger partial charge in [0.25, 0.3) is 5.91 Å². The van der Waals surface area contributed by atoms with Gasteiger partial charge >= 0.3 is 0 Å². The SMILES string of the molecule is COc1ccc(I)c(C(=O)N2CCN(C)CC2)c1. The number of hydrogen-bond acceptors (Lipinski definition) is 3. The summed E-state index contributed by atoms with van der Waals surface area (Å²) in [4.78, 5) is 16.6. The highest BCUT2D eigenvalue weighted by atomic mass is 127. The van der Waals surface area contributed by atoms with Crippen LogP contribution in [0.15, 0.2) is 18.2 Å². The van der Waals surface area contributed by atoms with Gasteiger partial charge in [-0.05, 0) is 47.8 Å². The van der Waals surface area contributed by atoms with E-state index in [0.29, 0.717) is 0 Å². The van der Waals surface area contributed by atoms with E-state index in [1.807, 2.05) is 23.1 Å². The highest BCUT2D eigenvalue weighted by Crippen LogP contribution is 2.21. The second kappa shape index (κ2) is 5.88. The quantitative estimate of drug-likeness (QED) is 0.753. The number of nitrogens with zero attached hydrogens (tertiary/aromatic N) is 2. The van der Waals surface area contributed by atoms with Gasteiger partial charge in [0.2, 0.25) is 0 Å². The Morgan fingerprint density at radius 1 is 1.28 bits per heavy atom. The van der Waals surface area contributed by atoms with E-state index in [9.17, 15) is 4.79 Å². The Hall–Kier alpha value is -0.820. The average Bonchev–Trinajstić information content (AvgIpc) is 2.39. The molecule has 2 rings (SSSR count). The van der Waals surface area contributed by atoms with Crippen LogP contribution in [0.25, 0.3) is 0 Å². The van der Waals surface area contributed by atoms with E-state index >= 15 is 0 Å². The van der Waals surface area contributed by atoms with Crippen LogP contribution < -0.4 is 4.74 Å². The lowest BCUT2D eigenvalue weighted by molar-refractivity contribution is 0.0662. The summed E-state index contributed by atoms with van der Waals surface area (Å²) < 4.78 is 6.15. The Kier molecular flexibility index (Phi) is 4.45. The second-order valence-electron chi connectivity index (χ2n) is 4.44. The van der Waals surface area contributed by atoms with Crippen molar-refractivity contribution in [1.29, 1.82) is 0 Å². The fourth-order valence-corrected chi connectivity index (χ4v) is 2.54. The van der Waals surface area contributed by atoms with Crippen LogP contribution in [0.2, 0.25) is 0 Å². The molecule has 1 amide bonds. The van der Waals surface area contributed by atoms with Crippen LogP contribution in [-0.4, -0.2) is 56.0 Å². The second-order valence-corrected chi connectivity index (χ2v) is 5.60. The first-order chi connectivity index (χ1) is 8.61. The number of likely N-dealkylation sites (N-methyl/N-ethyl adjacent to an activating group) is 1. The predicted octanol–water partition coefficient (Wildman–Crippen LogP) is 1.69. The molecular weight excluding hydrogens is 343 g/mol. The van der Waals surface area contributed by atoms with Gasteiger partial charge in [0.05, 0.1) is 12.7 Å². The van der Waals surface area contributed by atoms with E-state index < -0.39 is 0 Å². The van der Waals surface area contributed by atoms with Crippen LogP contribution in [0.5, 0.6) is 5.75 Å². The summed E-state index contributed by atoms with van der Waals surface area (Å²) in [5.41, 5.74) is 0.736. The molecule has 18 heavy (non-hydrogen) atoms. The van der Waals surface area contributed by atoms with Gasteiger partial charge in [0.1, 0.15) is 5.75 Å². The summed E-state index contributed by atoms with van der Waals surface area (Å²) >= 11 is 2.20. The van der Waals surface area contributed by atoms with Crippen molar-refractivity contribution in [3.63, 3.8) is 0 Å². The molecule has 0 N–H and O–H groups in total. The molecule has 98 valence electrons. The minimum atomic E-state index is 0.103. The van der Waals surface area contributed by atoms with Gasteiger partial charge in [-0.3, -0.25) is 4.79 Å². The zero-order chi connectivity index (χ0) is 13.1. The summed E-state index contributed by atoms with van der Waals surface area (Å²) in [6, 6.07) is 5.62. The van der Waals surface area contributed by atoms with Crippen LogP contribution >= 0.6 is 22.6 Å². The zero-order valence-electron chi connectivity index (χ0n) is 10.6. The molecule has 0 unspecified atom stereocenters. The van der Waals surface area contributed by atoms with Gasteiger partial charge in [0, 0.05) is 29.7 Å². The summed E-state index contributed by atoms with van der Waals surface area (Å²) in [5.74, 6) is 0.833. The molecule has 0 bridgehead atoms. The van der Waals surface area contributed by atoms with Crippen LogP contribution in [0, 0.1) is 3.57 Å². The highest BCUT2D eigenvalue weighted by Gasteiger charge is 2.22. The molecule has 1 aliphatic rings. The number of amides is 1. The standard InChI is InChI=1S/C13H17IN2O2/c1-15-5-7-16(8-6-15)13(17)11-9-10(18-2)3-4-12(11)14/h3-4,9H,5-8H2,1-2H3. The molecule has 5 heteroatoms. The number of hydrogen-bond donors (Lipinski definition) is 0. The molecule has 1 aromatic rings. The lowest BCUT2D eigenvalue weighted by Gasteiger charge is -2.32. The molecule has 4 nitrogen and oxygen atoms in total. The van der Waals surface area contributed by atoms with E-state index in [-0.39, 0.29) is 5.91 Å². The van der Waals surface area contributed by atoms with Gasteiger partial charge in [-0.1, -0.05) is 0 Å². The predicted molar refractivity (Wildman–Crippen MR) is 79.1 cm³/mol. The number of rotatable bonds is 2. The van der Waals surface area contributed by atoms with Crippen LogP contribution in [0.1, 0.15) is 10.4 Å². The molecular formula is C13H17IN2O2. The molecule has 0 saturated carbocycles. The first-order valence-corrected chi connectivity index (χ1v) is 7.01. The number of halogens is 1. The largest absolute Gasteiger partial charge is 0.497 e. The van der Waals surface area contributed by atoms with Gasteiger partial charge in [-0.2, -0.15) is 0 Å². The normalized spacial score (nSPS) is 16.7. The van der Waals surface area contributed by atoms with Crippen molar-refractivity contribution >= 4 is 28.5 Å². The molecule has 0 aromatic heterocycles. The third-order valence-electron chi connectivity index (χ3n) is 3.19. The number of carbonyl (C=O) groups excluding carboxylic acids is 1. The molecule has 1 saturated heterocycles. The van der Waals surface area contributed by atoms with Gasteiger partial charge < -0.3 is 14.5 Å². The Balaban J connectivity index is 2.17. The molecule has 0 radical (unpaired) electrons. The van der Waals surface area contributed by atoms with Crippen molar-refractivity contribution in [1.82, 2.24) is 9.80 Å². The highest BCUT2D eigenvalue weighted by molar-refractivity contribution is 14.1. The Labute approximate surface area is 121 Å². The molecule has 1 fully saturated rings. The van der Waals surface area contributed by atoms with Gasteiger partial charge in [-0.15, -0.1) is 0 Å². The van der Waals surface area contributed by atoms with E-state index in [1.54, 1.807) is 7.11 Å². The summed E-state index contributed by atoms with van der Waals surface area (Å²) in [6.07, 6.45) is 0. The smallest absolute Gasteiger partial charge is 0.255 e. The molecule has 1 heterocycles. The number of methoxy groups -OCH3 is 1. The molecule has 0 atom stereocenters. The van der Waals surface area contributed by atoms with Crippen molar-refractivity contribution in [2.45, 2.75) is 0 Å². The Morgan fingerprint density at radius 2 is 1.94 bits per heavy atom. The number of ether oxygens (including phenoxy) is 1. The minimum absolute atomic E-state index is 0.103. The van der Waals surface area contributed by atoms with Crippen molar-refractivity contribution in [3.8, 4) is 5.75 Å². The minimum Gasteiger partial charge on any atom is -0.497 e. The number of carbonyl (C=O) groups is 1. The Bertz CT molecular complexity index is 443. The first kappa shape index (κ1) is 13.6. The fourth-order valence-electron chi connectivity index (χ4n) is 1.98. The van der Waals surface area contributed by atoms with Crippen LogP contribution in [0.3, 0.4) is 0 Å².